The molecular weight excluding hydrogens is 254 g/mol. The van der Waals surface area contributed by atoms with E-state index >= 15 is 0 Å². The van der Waals surface area contributed by atoms with Crippen LogP contribution in [0.25, 0.3) is 0 Å². The zero-order valence-electron chi connectivity index (χ0n) is 12.3. The van der Waals surface area contributed by atoms with E-state index in [1.807, 2.05) is 25.1 Å². The van der Waals surface area contributed by atoms with Gasteiger partial charge >= 0.3 is 0 Å². The monoisotopic (exact) mass is 279 g/mol. The first-order valence-corrected chi connectivity index (χ1v) is 7.40. The van der Waals surface area contributed by atoms with E-state index in [4.69, 9.17) is 15.2 Å². The molecule has 0 amide bonds. The summed E-state index contributed by atoms with van der Waals surface area (Å²) in [6.07, 6.45) is 4.49. The van der Waals surface area contributed by atoms with Crippen molar-refractivity contribution in [3.05, 3.63) is 23.8 Å². The molecule has 0 aliphatic heterocycles. The number of hydrogen-bond acceptors (Lipinski definition) is 4. The first-order chi connectivity index (χ1) is 9.61. The van der Waals surface area contributed by atoms with Crippen molar-refractivity contribution in [2.75, 3.05) is 7.11 Å². The highest BCUT2D eigenvalue weighted by molar-refractivity contribution is 5.43. The van der Waals surface area contributed by atoms with E-state index in [9.17, 15) is 5.11 Å². The maximum absolute atomic E-state index is 10.1. The van der Waals surface area contributed by atoms with Gasteiger partial charge in [0.15, 0.2) is 11.5 Å². The summed E-state index contributed by atoms with van der Waals surface area (Å²) in [5.41, 5.74) is 6.89. The lowest BCUT2D eigenvalue weighted by Crippen LogP contribution is -2.30. The average molecular weight is 279 g/mol. The number of benzene rings is 1. The quantitative estimate of drug-likeness (QED) is 0.832. The highest BCUT2D eigenvalue weighted by atomic mass is 16.5. The Morgan fingerprint density at radius 3 is 2.65 bits per heavy atom. The molecule has 1 aliphatic carbocycles. The van der Waals surface area contributed by atoms with Crippen LogP contribution in [0.5, 0.6) is 11.5 Å². The summed E-state index contributed by atoms with van der Waals surface area (Å²) in [7, 11) is 1.62. The van der Waals surface area contributed by atoms with Gasteiger partial charge in [-0.2, -0.15) is 0 Å². The van der Waals surface area contributed by atoms with E-state index in [1.165, 1.54) is 0 Å². The van der Waals surface area contributed by atoms with Gasteiger partial charge in [0, 0.05) is 6.04 Å². The van der Waals surface area contributed by atoms with E-state index in [-0.39, 0.29) is 12.1 Å². The Balaban J connectivity index is 2.15. The number of methoxy groups -OCH3 is 1. The molecule has 3 N–H and O–H groups in total. The van der Waals surface area contributed by atoms with Crippen LogP contribution < -0.4 is 15.2 Å². The van der Waals surface area contributed by atoms with Crippen LogP contribution in [0.2, 0.25) is 0 Å². The molecular formula is C16H25NO3. The lowest BCUT2D eigenvalue weighted by Gasteiger charge is -2.23. The zero-order chi connectivity index (χ0) is 14.5. The summed E-state index contributed by atoms with van der Waals surface area (Å²) in [5, 5.41) is 10.1. The van der Waals surface area contributed by atoms with Crippen molar-refractivity contribution >= 4 is 0 Å². The fraction of sp³-hybridized carbons (Fsp3) is 0.625. The van der Waals surface area contributed by atoms with E-state index in [0.717, 1.165) is 37.7 Å². The van der Waals surface area contributed by atoms with Crippen LogP contribution in [0.15, 0.2) is 18.2 Å². The van der Waals surface area contributed by atoms with Crippen molar-refractivity contribution in [3.8, 4) is 11.5 Å². The van der Waals surface area contributed by atoms with Crippen molar-refractivity contribution in [2.24, 2.45) is 5.73 Å². The maximum Gasteiger partial charge on any atom is 0.161 e. The third kappa shape index (κ3) is 3.64. The minimum atomic E-state index is -0.393. The second-order valence-electron chi connectivity index (χ2n) is 5.56. The van der Waals surface area contributed by atoms with Gasteiger partial charge in [-0.15, -0.1) is 0 Å². The molecule has 112 valence electrons. The number of nitrogens with two attached hydrogens (primary N) is 1. The number of ether oxygens (including phenoxy) is 2. The normalized spacial score (nSPS) is 24.8. The molecule has 0 heterocycles. The molecule has 0 aromatic heterocycles. The van der Waals surface area contributed by atoms with Gasteiger partial charge in [-0.05, 0) is 43.9 Å². The molecule has 2 rings (SSSR count). The molecule has 0 radical (unpaired) electrons. The van der Waals surface area contributed by atoms with E-state index in [0.29, 0.717) is 11.5 Å². The minimum absolute atomic E-state index is 0.0404. The minimum Gasteiger partial charge on any atom is -0.493 e. The van der Waals surface area contributed by atoms with E-state index in [1.54, 1.807) is 7.11 Å². The average Bonchev–Trinajstić information content (AvgIpc) is 2.64. The molecule has 0 spiro atoms. The topological polar surface area (TPSA) is 64.7 Å². The first-order valence-electron chi connectivity index (χ1n) is 7.40. The van der Waals surface area contributed by atoms with Crippen LogP contribution >= 0.6 is 0 Å². The van der Waals surface area contributed by atoms with Gasteiger partial charge in [-0.1, -0.05) is 18.9 Å². The summed E-state index contributed by atoms with van der Waals surface area (Å²) in [5.74, 6) is 1.36. The molecule has 1 saturated carbocycles. The SMILES string of the molecule is COc1cc(C(C)N)ccc1OC1CCCCCC1O. The predicted octanol–water partition coefficient (Wildman–Crippen LogP) is 2.79. The lowest BCUT2D eigenvalue weighted by atomic mass is 10.1. The second kappa shape index (κ2) is 6.95. The molecule has 4 heteroatoms. The highest BCUT2D eigenvalue weighted by Crippen LogP contribution is 2.32. The van der Waals surface area contributed by atoms with Crippen LogP contribution in [-0.2, 0) is 0 Å². The van der Waals surface area contributed by atoms with Crippen LogP contribution in [0, 0.1) is 0 Å². The van der Waals surface area contributed by atoms with Gasteiger partial charge in [0.05, 0.1) is 13.2 Å². The van der Waals surface area contributed by atoms with Crippen LogP contribution in [-0.4, -0.2) is 24.4 Å². The number of rotatable bonds is 4. The number of hydrogen-bond donors (Lipinski definition) is 2. The van der Waals surface area contributed by atoms with Crippen LogP contribution in [0.4, 0.5) is 0 Å². The number of aliphatic hydroxyl groups excluding tert-OH is 1. The highest BCUT2D eigenvalue weighted by Gasteiger charge is 2.24. The number of aliphatic hydroxyl groups is 1. The fourth-order valence-electron chi connectivity index (χ4n) is 2.62. The third-order valence-electron chi connectivity index (χ3n) is 3.91. The van der Waals surface area contributed by atoms with Gasteiger partial charge in [0.1, 0.15) is 6.10 Å². The molecule has 3 atom stereocenters. The van der Waals surface area contributed by atoms with Gasteiger partial charge in [0.2, 0.25) is 0 Å². The molecule has 1 aliphatic rings. The van der Waals surface area contributed by atoms with Gasteiger partial charge in [-0.3, -0.25) is 0 Å². The molecule has 0 saturated heterocycles. The molecule has 0 bridgehead atoms. The van der Waals surface area contributed by atoms with Crippen molar-refractivity contribution in [1.82, 2.24) is 0 Å². The van der Waals surface area contributed by atoms with Crippen molar-refractivity contribution < 1.29 is 14.6 Å². The molecule has 3 unspecified atom stereocenters. The third-order valence-corrected chi connectivity index (χ3v) is 3.91. The maximum atomic E-state index is 10.1. The van der Waals surface area contributed by atoms with Gasteiger partial charge in [-0.25, -0.2) is 0 Å². The predicted molar refractivity (Wildman–Crippen MR) is 79.1 cm³/mol. The Bertz CT molecular complexity index is 434. The van der Waals surface area contributed by atoms with Crippen molar-refractivity contribution in [3.63, 3.8) is 0 Å². The molecule has 4 nitrogen and oxygen atoms in total. The first kappa shape index (κ1) is 15.1. The largest absolute Gasteiger partial charge is 0.493 e. The Morgan fingerprint density at radius 1 is 1.20 bits per heavy atom. The Morgan fingerprint density at radius 2 is 1.95 bits per heavy atom. The van der Waals surface area contributed by atoms with E-state index < -0.39 is 6.10 Å². The molecule has 1 aromatic carbocycles. The lowest BCUT2D eigenvalue weighted by molar-refractivity contribution is 0.0305. The molecule has 1 aromatic rings. The van der Waals surface area contributed by atoms with Gasteiger partial charge in [0.25, 0.3) is 0 Å². The molecule has 1 fully saturated rings. The van der Waals surface area contributed by atoms with E-state index in [2.05, 4.69) is 0 Å². The summed E-state index contributed by atoms with van der Waals surface area (Å²) in [4.78, 5) is 0. The summed E-state index contributed by atoms with van der Waals surface area (Å²) < 4.78 is 11.4. The van der Waals surface area contributed by atoms with Crippen molar-refractivity contribution in [2.45, 2.75) is 57.3 Å². The molecule has 20 heavy (non-hydrogen) atoms. The zero-order valence-corrected chi connectivity index (χ0v) is 12.3. The van der Waals surface area contributed by atoms with Gasteiger partial charge < -0.3 is 20.3 Å². The Kier molecular flexibility index (Phi) is 5.26. The van der Waals surface area contributed by atoms with Crippen molar-refractivity contribution in [1.29, 1.82) is 0 Å². The van der Waals surface area contributed by atoms with Crippen LogP contribution in [0.3, 0.4) is 0 Å². The standard InChI is InChI=1S/C16H25NO3/c1-11(17)12-8-9-15(16(10-12)19-2)20-14-7-5-3-4-6-13(14)18/h8-11,13-14,18H,3-7,17H2,1-2H3. The summed E-state index contributed by atoms with van der Waals surface area (Å²) in [6, 6.07) is 5.70. The smallest absolute Gasteiger partial charge is 0.161 e. The summed E-state index contributed by atoms with van der Waals surface area (Å²) in [6.45, 7) is 1.93. The second-order valence-corrected chi connectivity index (χ2v) is 5.56. The Hall–Kier alpha value is -1.26. The fourth-order valence-corrected chi connectivity index (χ4v) is 2.62. The van der Waals surface area contributed by atoms with Crippen LogP contribution in [0.1, 0.15) is 50.6 Å². The Labute approximate surface area is 120 Å². The summed E-state index contributed by atoms with van der Waals surface area (Å²) >= 11 is 0.